The fraction of sp³-hybridized carbons (Fsp3) is 0.375. The minimum atomic E-state index is 0.546. The molecule has 0 unspecified atom stereocenters. The van der Waals surface area contributed by atoms with E-state index < -0.39 is 0 Å². The van der Waals surface area contributed by atoms with Crippen LogP contribution in [0.2, 0.25) is 0 Å². The molecule has 0 aliphatic rings. The van der Waals surface area contributed by atoms with Crippen LogP contribution in [0.5, 0.6) is 0 Å². The Kier molecular flexibility index (Phi) is 5.01. The summed E-state index contributed by atoms with van der Waals surface area (Å²) in [6, 6.07) is 10.4. The topological polar surface area (TPSA) is 51.8 Å². The number of anilines is 1. The Morgan fingerprint density at radius 2 is 1.85 bits per heavy atom. The molecular weight excluding hydrogens is 266 g/mol. The summed E-state index contributed by atoms with van der Waals surface area (Å²) in [5.74, 6) is 1.93. The Morgan fingerprint density at radius 1 is 1.15 bits per heavy atom. The number of nitrogens with zero attached hydrogens (tertiary/aromatic N) is 2. The fourth-order valence-electron chi connectivity index (χ4n) is 1.92. The maximum atomic E-state index is 5.84. The normalized spacial score (nSPS) is 11.0. The van der Waals surface area contributed by atoms with Crippen molar-refractivity contribution in [2.75, 3.05) is 5.73 Å². The Hall–Kier alpha value is -1.55. The van der Waals surface area contributed by atoms with Crippen molar-refractivity contribution >= 4 is 17.6 Å². The summed E-state index contributed by atoms with van der Waals surface area (Å²) < 4.78 is 0. The third kappa shape index (κ3) is 3.97. The molecule has 1 heterocycles. The molecule has 0 aliphatic carbocycles. The van der Waals surface area contributed by atoms with E-state index in [0.29, 0.717) is 11.7 Å². The van der Waals surface area contributed by atoms with Crippen LogP contribution < -0.4 is 5.73 Å². The number of aryl methyl sites for hydroxylation is 1. The van der Waals surface area contributed by atoms with Crippen molar-refractivity contribution in [1.82, 2.24) is 9.97 Å². The summed E-state index contributed by atoms with van der Waals surface area (Å²) >= 11 is 1.63. The third-order valence-electron chi connectivity index (χ3n) is 3.01. The Bertz CT molecular complexity index is 564. The van der Waals surface area contributed by atoms with Crippen LogP contribution in [0.1, 0.15) is 44.5 Å². The van der Waals surface area contributed by atoms with Crippen LogP contribution >= 0.6 is 11.8 Å². The molecule has 2 aromatic rings. The van der Waals surface area contributed by atoms with Crippen LogP contribution in [0, 0.1) is 0 Å². The van der Waals surface area contributed by atoms with Gasteiger partial charge in [-0.05, 0) is 30.0 Å². The summed E-state index contributed by atoms with van der Waals surface area (Å²) in [7, 11) is 0. The van der Waals surface area contributed by atoms with E-state index in [1.165, 1.54) is 10.5 Å². The van der Waals surface area contributed by atoms with E-state index in [9.17, 15) is 0 Å². The molecule has 0 saturated heterocycles. The first-order valence-corrected chi connectivity index (χ1v) is 7.81. The van der Waals surface area contributed by atoms with Crippen molar-refractivity contribution in [2.24, 2.45) is 0 Å². The highest BCUT2D eigenvalue weighted by molar-refractivity contribution is 7.99. The minimum absolute atomic E-state index is 0.546. The van der Waals surface area contributed by atoms with Gasteiger partial charge in [-0.1, -0.05) is 44.7 Å². The Labute approximate surface area is 125 Å². The zero-order chi connectivity index (χ0) is 14.5. The van der Waals surface area contributed by atoms with Crippen molar-refractivity contribution in [3.05, 3.63) is 41.7 Å². The molecule has 1 aromatic heterocycles. The van der Waals surface area contributed by atoms with Gasteiger partial charge in [-0.15, -0.1) is 0 Å². The number of benzene rings is 1. The zero-order valence-electron chi connectivity index (χ0n) is 12.3. The summed E-state index contributed by atoms with van der Waals surface area (Å²) in [6.45, 7) is 6.51. The molecule has 0 aliphatic heterocycles. The number of aromatic nitrogens is 2. The van der Waals surface area contributed by atoms with E-state index in [0.717, 1.165) is 23.7 Å². The highest BCUT2D eigenvalue weighted by atomic mass is 32.2. The zero-order valence-corrected chi connectivity index (χ0v) is 13.1. The van der Waals surface area contributed by atoms with Gasteiger partial charge in [0.15, 0.2) is 0 Å². The lowest BCUT2D eigenvalue weighted by Gasteiger charge is -2.07. The molecule has 0 spiro atoms. The lowest BCUT2D eigenvalue weighted by molar-refractivity contribution is 0.813. The lowest BCUT2D eigenvalue weighted by atomic mass is 10.0. The number of nitrogen functional groups attached to an aromatic ring is 1. The second-order valence-corrected chi connectivity index (χ2v) is 6.22. The van der Waals surface area contributed by atoms with Crippen LogP contribution in [-0.2, 0) is 6.42 Å². The van der Waals surface area contributed by atoms with Gasteiger partial charge >= 0.3 is 0 Å². The second-order valence-electron chi connectivity index (χ2n) is 5.12. The second kappa shape index (κ2) is 6.75. The summed E-state index contributed by atoms with van der Waals surface area (Å²) in [5, 5.41) is 0.915. The van der Waals surface area contributed by atoms with E-state index in [2.05, 4.69) is 55.0 Å². The van der Waals surface area contributed by atoms with Crippen molar-refractivity contribution in [3.8, 4) is 0 Å². The van der Waals surface area contributed by atoms with Crippen molar-refractivity contribution in [1.29, 1.82) is 0 Å². The maximum absolute atomic E-state index is 5.84. The predicted octanol–water partition coefficient (Wildman–Crippen LogP) is 4.29. The van der Waals surface area contributed by atoms with Gasteiger partial charge in [0.05, 0.1) is 0 Å². The molecule has 106 valence electrons. The number of rotatable bonds is 5. The molecule has 0 bridgehead atoms. The Balaban J connectivity index is 2.16. The van der Waals surface area contributed by atoms with Gasteiger partial charge in [-0.3, -0.25) is 0 Å². The van der Waals surface area contributed by atoms with E-state index in [1.54, 1.807) is 11.8 Å². The molecule has 0 radical (unpaired) electrons. The van der Waals surface area contributed by atoms with E-state index >= 15 is 0 Å². The predicted molar refractivity (Wildman–Crippen MR) is 85.1 cm³/mol. The van der Waals surface area contributed by atoms with Gasteiger partial charge in [0, 0.05) is 17.4 Å². The average molecular weight is 287 g/mol. The van der Waals surface area contributed by atoms with E-state index in [4.69, 9.17) is 5.73 Å². The minimum Gasteiger partial charge on any atom is -0.384 e. The summed E-state index contributed by atoms with van der Waals surface area (Å²) in [4.78, 5) is 9.98. The standard InChI is InChI=1S/C16H21N3S/c1-4-5-15-18-14(17)10-16(19-15)20-13-8-6-12(7-9-13)11(2)3/h6-11H,4-5H2,1-3H3,(H2,17,18,19). The first kappa shape index (κ1) is 14.9. The highest BCUT2D eigenvalue weighted by Gasteiger charge is 2.05. The molecule has 3 nitrogen and oxygen atoms in total. The van der Waals surface area contributed by atoms with Crippen molar-refractivity contribution < 1.29 is 0 Å². The average Bonchev–Trinajstić information content (AvgIpc) is 2.39. The highest BCUT2D eigenvalue weighted by Crippen LogP contribution is 2.28. The van der Waals surface area contributed by atoms with Crippen LogP contribution in [-0.4, -0.2) is 9.97 Å². The Morgan fingerprint density at radius 3 is 2.45 bits per heavy atom. The first-order chi connectivity index (χ1) is 9.58. The molecule has 0 atom stereocenters. The van der Waals surface area contributed by atoms with Gasteiger partial charge in [-0.2, -0.15) is 0 Å². The van der Waals surface area contributed by atoms with Crippen LogP contribution in [0.15, 0.2) is 40.3 Å². The summed E-state index contributed by atoms with van der Waals surface area (Å²) in [5.41, 5.74) is 7.19. The first-order valence-electron chi connectivity index (χ1n) is 6.99. The monoisotopic (exact) mass is 287 g/mol. The molecule has 1 aromatic carbocycles. The van der Waals surface area contributed by atoms with Crippen LogP contribution in [0.3, 0.4) is 0 Å². The quantitative estimate of drug-likeness (QED) is 0.834. The summed E-state index contributed by atoms with van der Waals surface area (Å²) in [6.07, 6.45) is 1.89. The molecule has 2 N–H and O–H groups in total. The maximum Gasteiger partial charge on any atom is 0.132 e. The molecule has 2 rings (SSSR count). The van der Waals surface area contributed by atoms with Crippen molar-refractivity contribution in [3.63, 3.8) is 0 Å². The van der Waals surface area contributed by atoms with E-state index in [1.807, 2.05) is 6.07 Å². The van der Waals surface area contributed by atoms with Crippen molar-refractivity contribution in [2.45, 2.75) is 49.5 Å². The largest absolute Gasteiger partial charge is 0.384 e. The van der Waals surface area contributed by atoms with Crippen LogP contribution in [0.25, 0.3) is 0 Å². The molecule has 20 heavy (non-hydrogen) atoms. The molecule has 0 amide bonds. The molecule has 0 saturated carbocycles. The van der Waals surface area contributed by atoms with E-state index in [-0.39, 0.29) is 0 Å². The number of hydrogen-bond acceptors (Lipinski definition) is 4. The van der Waals surface area contributed by atoms with Gasteiger partial charge in [0.1, 0.15) is 16.7 Å². The third-order valence-corrected chi connectivity index (χ3v) is 3.94. The smallest absolute Gasteiger partial charge is 0.132 e. The lowest BCUT2D eigenvalue weighted by Crippen LogP contribution is -2.00. The number of nitrogens with two attached hydrogens (primary N) is 1. The van der Waals surface area contributed by atoms with Gasteiger partial charge in [-0.25, -0.2) is 9.97 Å². The van der Waals surface area contributed by atoms with Gasteiger partial charge in [0.25, 0.3) is 0 Å². The number of hydrogen-bond donors (Lipinski definition) is 1. The van der Waals surface area contributed by atoms with Gasteiger partial charge in [0.2, 0.25) is 0 Å². The SMILES string of the molecule is CCCc1nc(N)cc(Sc2ccc(C(C)C)cc2)n1. The van der Waals surface area contributed by atoms with Gasteiger partial charge < -0.3 is 5.73 Å². The fourth-order valence-corrected chi connectivity index (χ4v) is 2.77. The molecular formula is C16H21N3S. The molecule has 4 heteroatoms. The molecule has 0 fully saturated rings. The van der Waals surface area contributed by atoms with Crippen LogP contribution in [0.4, 0.5) is 5.82 Å².